The van der Waals surface area contributed by atoms with Crippen molar-refractivity contribution in [2.45, 2.75) is 30.8 Å². The number of halogens is 2. The van der Waals surface area contributed by atoms with E-state index in [0.717, 1.165) is 5.56 Å². The lowest BCUT2D eigenvalue weighted by Crippen LogP contribution is -2.34. The number of nitrogens with two attached hydrogens (primary N) is 1. The fourth-order valence-electron chi connectivity index (χ4n) is 3.83. The number of benzene rings is 1. The van der Waals surface area contributed by atoms with Crippen molar-refractivity contribution in [2.75, 3.05) is 25.6 Å². The first-order chi connectivity index (χ1) is 16.0. The van der Waals surface area contributed by atoms with Crippen LogP contribution in [0, 0.1) is 18.7 Å². The van der Waals surface area contributed by atoms with E-state index in [4.69, 9.17) is 36.3 Å². The van der Waals surface area contributed by atoms with Gasteiger partial charge in [0.05, 0.1) is 30.4 Å². The number of aliphatic hydroxyl groups excluding tert-OH is 1. The molecule has 0 aliphatic carbocycles. The number of aliphatic hydroxyl groups is 1. The van der Waals surface area contributed by atoms with Gasteiger partial charge < -0.3 is 34.8 Å². The minimum Gasteiger partial charge on any atom is -0.493 e. The quantitative estimate of drug-likeness (QED) is 0.480. The Balaban J connectivity index is 0.000000181. The van der Waals surface area contributed by atoms with E-state index >= 15 is 0 Å². The summed E-state index contributed by atoms with van der Waals surface area (Å²) in [7, 11) is 0. The number of aromatic amines is 1. The Morgan fingerprint density at radius 1 is 1.21 bits per heavy atom. The molecular formula is C22H22ClFN4O5. The molecule has 4 N–H and O–H groups in total. The van der Waals surface area contributed by atoms with Crippen LogP contribution >= 0.6 is 11.6 Å². The maximum Gasteiger partial charge on any atom is 0.296 e. The fraction of sp³-hybridized carbons (Fsp3) is 0.364. The molecule has 6 rings (SSSR count). The maximum atomic E-state index is 12.8. The first kappa shape index (κ1) is 23.1. The van der Waals surface area contributed by atoms with Crippen molar-refractivity contribution in [3.05, 3.63) is 40.7 Å². The smallest absolute Gasteiger partial charge is 0.296 e. The molecule has 33 heavy (non-hydrogen) atoms. The second-order valence-corrected chi connectivity index (χ2v) is 7.81. The number of H-pyrrole nitrogens is 1. The van der Waals surface area contributed by atoms with Crippen molar-refractivity contribution in [2.24, 2.45) is 0 Å². The second-order valence-electron chi connectivity index (χ2n) is 7.40. The van der Waals surface area contributed by atoms with Crippen molar-refractivity contribution < 1.29 is 28.4 Å². The number of hydrogen-bond donors (Lipinski definition) is 3. The van der Waals surface area contributed by atoms with Crippen LogP contribution in [0.2, 0.25) is 5.02 Å². The molecule has 5 heterocycles. The lowest BCUT2D eigenvalue weighted by molar-refractivity contribution is 0.00706. The minimum absolute atomic E-state index is 0.144. The molecule has 2 aromatic heterocycles. The molecule has 4 atom stereocenters. The lowest BCUT2D eigenvalue weighted by Gasteiger charge is -2.15. The summed E-state index contributed by atoms with van der Waals surface area (Å²) in [5, 5.41) is 10.0. The van der Waals surface area contributed by atoms with Gasteiger partial charge in [-0.3, -0.25) is 0 Å². The number of pyridine rings is 1. The molecule has 3 aromatic rings. The molecule has 0 unspecified atom stereocenters. The van der Waals surface area contributed by atoms with Gasteiger partial charge >= 0.3 is 0 Å². The molecule has 2 saturated heterocycles. The molecule has 3 aliphatic rings. The predicted molar refractivity (Wildman–Crippen MR) is 119 cm³/mol. The first-order valence-corrected chi connectivity index (χ1v) is 10.5. The third-order valence-corrected chi connectivity index (χ3v) is 5.67. The van der Waals surface area contributed by atoms with Crippen molar-refractivity contribution in [3.8, 4) is 24.6 Å². The van der Waals surface area contributed by atoms with E-state index in [0.29, 0.717) is 47.6 Å². The Morgan fingerprint density at radius 2 is 2.00 bits per heavy atom. The second kappa shape index (κ2) is 9.80. The van der Waals surface area contributed by atoms with E-state index in [2.05, 4.69) is 27.8 Å². The predicted octanol–water partition coefficient (Wildman–Crippen LogP) is 2.11. The van der Waals surface area contributed by atoms with Crippen LogP contribution in [0.1, 0.15) is 5.56 Å². The summed E-state index contributed by atoms with van der Waals surface area (Å²) in [6, 6.07) is 6.86. The van der Waals surface area contributed by atoms with Gasteiger partial charge in [0.1, 0.15) is 35.7 Å². The number of nitrogen functional groups attached to an aromatic ring is 1. The number of terminal acetylenes is 1. The third-order valence-electron chi connectivity index (χ3n) is 5.36. The number of ether oxygens (including phenoxy) is 4. The number of nitrogens with one attached hydrogen (secondary N) is 1. The maximum absolute atomic E-state index is 12.8. The van der Waals surface area contributed by atoms with Crippen LogP contribution in [0.4, 0.5) is 10.2 Å². The van der Waals surface area contributed by atoms with E-state index in [1.54, 1.807) is 18.2 Å². The van der Waals surface area contributed by atoms with Gasteiger partial charge in [0.25, 0.3) is 6.01 Å². The summed E-state index contributed by atoms with van der Waals surface area (Å²) in [6.07, 6.45) is 7.12. The van der Waals surface area contributed by atoms with Crippen molar-refractivity contribution in [3.63, 3.8) is 0 Å². The highest BCUT2D eigenvalue weighted by atomic mass is 35.5. The van der Waals surface area contributed by atoms with Crippen LogP contribution in [0.25, 0.3) is 11.2 Å². The van der Waals surface area contributed by atoms with Crippen LogP contribution in [-0.2, 0) is 15.9 Å². The van der Waals surface area contributed by atoms with Crippen molar-refractivity contribution in [1.29, 1.82) is 0 Å². The Bertz CT molecular complexity index is 1120. The van der Waals surface area contributed by atoms with Crippen molar-refractivity contribution >= 4 is 28.6 Å². The molecule has 11 heteroatoms. The summed E-state index contributed by atoms with van der Waals surface area (Å²) in [5.41, 5.74) is 7.42. The van der Waals surface area contributed by atoms with Gasteiger partial charge in [-0.05, 0) is 18.2 Å². The molecule has 174 valence electrons. The molecular weight excluding hydrogens is 455 g/mol. The van der Waals surface area contributed by atoms with E-state index in [9.17, 15) is 9.50 Å². The number of imidazole rings is 1. The van der Waals surface area contributed by atoms with Crippen molar-refractivity contribution in [1.82, 2.24) is 15.0 Å². The van der Waals surface area contributed by atoms with Gasteiger partial charge in [-0.2, -0.15) is 4.98 Å². The number of anilines is 1. The number of rotatable bonds is 2. The van der Waals surface area contributed by atoms with E-state index < -0.39 is 6.10 Å². The minimum atomic E-state index is -0.612. The monoisotopic (exact) mass is 476 g/mol. The highest BCUT2D eigenvalue weighted by molar-refractivity contribution is 6.33. The van der Waals surface area contributed by atoms with E-state index in [-0.39, 0.29) is 36.6 Å². The zero-order chi connectivity index (χ0) is 23.5. The van der Waals surface area contributed by atoms with E-state index in [1.165, 1.54) is 6.07 Å². The van der Waals surface area contributed by atoms with Crippen LogP contribution in [0.3, 0.4) is 0 Å². The van der Waals surface area contributed by atoms with E-state index in [1.807, 2.05) is 0 Å². The summed E-state index contributed by atoms with van der Waals surface area (Å²) in [6.45, 7) is 1.21. The third kappa shape index (κ3) is 4.67. The average molecular weight is 477 g/mol. The largest absolute Gasteiger partial charge is 0.493 e. The zero-order valence-electron chi connectivity index (χ0n) is 17.4. The molecule has 1 aromatic carbocycles. The molecule has 0 amide bonds. The lowest BCUT2D eigenvalue weighted by atomic mass is 10.1. The van der Waals surface area contributed by atoms with Gasteiger partial charge in [0, 0.05) is 12.0 Å². The SMILES string of the molecule is C#C.Fc1cccc2c1CCO2.Nc1nc2nc(O[C@@H]3CO[C@H]4[C@@H]3OC[C@H]4O)[nH]c2cc1Cl. The summed E-state index contributed by atoms with van der Waals surface area (Å²) in [5.74, 6) is 0.781. The molecule has 0 saturated carbocycles. The average Bonchev–Trinajstić information content (AvgIpc) is 3.58. The number of nitrogens with zero attached hydrogens (tertiary/aromatic N) is 2. The van der Waals surface area contributed by atoms with Gasteiger partial charge in [0.15, 0.2) is 11.8 Å². The van der Waals surface area contributed by atoms with Crippen LogP contribution in [-0.4, -0.2) is 64.3 Å². The molecule has 9 nitrogen and oxygen atoms in total. The number of fused-ring (bicyclic) bond motifs is 3. The topological polar surface area (TPSA) is 125 Å². The molecule has 3 aliphatic heterocycles. The van der Waals surface area contributed by atoms with Gasteiger partial charge in [-0.25, -0.2) is 9.37 Å². The van der Waals surface area contributed by atoms with Crippen LogP contribution in [0.15, 0.2) is 24.3 Å². The highest BCUT2D eigenvalue weighted by Gasteiger charge is 2.48. The van der Waals surface area contributed by atoms with Crippen LogP contribution in [0.5, 0.6) is 11.8 Å². The fourth-order valence-corrected chi connectivity index (χ4v) is 3.98. The van der Waals surface area contributed by atoms with Gasteiger partial charge in [-0.1, -0.05) is 17.7 Å². The Kier molecular flexibility index (Phi) is 6.85. The molecule has 0 radical (unpaired) electrons. The first-order valence-electron chi connectivity index (χ1n) is 10.1. The normalized spacial score (nSPS) is 24.6. The summed E-state index contributed by atoms with van der Waals surface area (Å²) < 4.78 is 34.7. The molecule has 0 bridgehead atoms. The Hall–Kier alpha value is -3.10. The number of hydrogen-bond acceptors (Lipinski definition) is 8. The molecule has 0 spiro atoms. The molecule has 2 fully saturated rings. The summed E-state index contributed by atoms with van der Waals surface area (Å²) >= 11 is 5.91. The summed E-state index contributed by atoms with van der Waals surface area (Å²) in [4.78, 5) is 11.3. The highest BCUT2D eigenvalue weighted by Crippen LogP contribution is 2.30. The Labute approximate surface area is 194 Å². The van der Waals surface area contributed by atoms with Crippen LogP contribution < -0.4 is 15.2 Å². The van der Waals surface area contributed by atoms with Gasteiger partial charge in [0.2, 0.25) is 0 Å². The zero-order valence-corrected chi connectivity index (χ0v) is 18.2. The van der Waals surface area contributed by atoms with Gasteiger partial charge in [-0.15, -0.1) is 12.8 Å². The Morgan fingerprint density at radius 3 is 2.79 bits per heavy atom. The standard InChI is InChI=1S/C12H13ClN4O4.C8H7FO.C2H2/c13-4-1-5-11(16-10(4)14)17-12(15-5)21-7-3-20-8-6(18)2-19-9(7)8;9-7-2-1-3-8-6(7)4-5-10-8;1-2/h1,6-9,18H,2-3H2,(H3,14,15,16,17);1-3H,4-5H2;1-2H/t6-,7-,8-,9-;;/m1../s1. The number of aromatic nitrogens is 3.